The van der Waals surface area contributed by atoms with E-state index in [1.807, 2.05) is 6.07 Å². The summed E-state index contributed by atoms with van der Waals surface area (Å²) in [6, 6.07) is 5.38. The highest BCUT2D eigenvalue weighted by molar-refractivity contribution is 6.31. The summed E-state index contributed by atoms with van der Waals surface area (Å²) in [5, 5.41) is 1.31. The van der Waals surface area contributed by atoms with Crippen LogP contribution in [0, 0.1) is 5.92 Å². The molecular formula is C24H25ClN2O4. The number of aromatic nitrogens is 1. The minimum Gasteiger partial charge on any atom is -0.466 e. The number of rotatable bonds is 4. The van der Waals surface area contributed by atoms with E-state index in [2.05, 4.69) is 6.08 Å². The van der Waals surface area contributed by atoms with Crippen LogP contribution in [0.5, 0.6) is 0 Å². The van der Waals surface area contributed by atoms with E-state index < -0.39 is 0 Å². The lowest BCUT2D eigenvalue weighted by molar-refractivity contribution is -0.140. The van der Waals surface area contributed by atoms with Crippen LogP contribution in [-0.4, -0.2) is 29.4 Å². The highest BCUT2D eigenvalue weighted by Gasteiger charge is 2.36. The van der Waals surface area contributed by atoms with Gasteiger partial charge in [0.15, 0.2) is 0 Å². The van der Waals surface area contributed by atoms with Crippen LogP contribution in [-0.2, 0) is 25.5 Å². The first-order valence-electron chi connectivity index (χ1n) is 10.5. The summed E-state index contributed by atoms with van der Waals surface area (Å²) in [7, 11) is 0. The molecule has 2 aromatic rings. The number of benzene rings is 1. The number of nitrogens with zero attached hydrogens (tertiary/aromatic N) is 2. The number of carbonyl (C=O) groups is 3. The molecule has 0 saturated carbocycles. The topological polar surface area (TPSA) is 76.6 Å². The van der Waals surface area contributed by atoms with E-state index in [0.29, 0.717) is 35.2 Å². The smallest absolute Gasteiger partial charge is 0.302 e. The maximum Gasteiger partial charge on any atom is 0.302 e. The van der Waals surface area contributed by atoms with Crippen LogP contribution in [0.4, 0.5) is 5.69 Å². The van der Waals surface area contributed by atoms with Crippen molar-refractivity contribution in [2.45, 2.75) is 52.4 Å². The standard InChI is InChI=1S/C24H25ClN2O4/c1-13(28)27(14(2)29)24-20-5-4-19(25)12-21(20)26-22-11-17-8-16(6-7-31-15(3)30)9-18(10-17)23(22)24/h4-5,8,12,17-18H,6-7,9-11H2,1-3H3. The van der Waals surface area contributed by atoms with Gasteiger partial charge in [0.1, 0.15) is 0 Å². The van der Waals surface area contributed by atoms with Gasteiger partial charge in [-0.1, -0.05) is 23.3 Å². The van der Waals surface area contributed by atoms with E-state index in [-0.39, 0.29) is 23.7 Å². The van der Waals surface area contributed by atoms with Crippen molar-refractivity contribution in [3.05, 3.63) is 46.1 Å². The number of hydrogen-bond acceptors (Lipinski definition) is 5. The second-order valence-electron chi connectivity index (χ2n) is 8.37. The van der Waals surface area contributed by atoms with Gasteiger partial charge in [-0.3, -0.25) is 24.3 Å². The third kappa shape index (κ3) is 4.22. The molecule has 31 heavy (non-hydrogen) atoms. The molecule has 2 unspecified atom stereocenters. The molecule has 162 valence electrons. The van der Waals surface area contributed by atoms with E-state index in [9.17, 15) is 14.4 Å². The average Bonchev–Trinajstić information content (AvgIpc) is 2.66. The molecule has 2 amide bonds. The average molecular weight is 441 g/mol. The number of halogens is 1. The van der Waals surface area contributed by atoms with E-state index in [1.165, 1.54) is 31.2 Å². The highest BCUT2D eigenvalue weighted by Crippen LogP contribution is 2.49. The van der Waals surface area contributed by atoms with Crippen molar-refractivity contribution in [3.8, 4) is 0 Å². The van der Waals surface area contributed by atoms with Gasteiger partial charge in [-0.15, -0.1) is 0 Å². The van der Waals surface area contributed by atoms with Gasteiger partial charge in [0.25, 0.3) is 0 Å². The quantitative estimate of drug-likeness (QED) is 0.508. The molecule has 1 aromatic heterocycles. The molecule has 4 rings (SSSR count). The summed E-state index contributed by atoms with van der Waals surface area (Å²) < 4.78 is 5.13. The monoisotopic (exact) mass is 440 g/mol. The van der Waals surface area contributed by atoms with E-state index >= 15 is 0 Å². The summed E-state index contributed by atoms with van der Waals surface area (Å²) in [6.07, 6.45) is 5.45. The Balaban J connectivity index is 1.83. The molecule has 2 bridgehead atoms. The Hall–Kier alpha value is -2.73. The summed E-state index contributed by atoms with van der Waals surface area (Å²) in [5.41, 5.74) is 4.48. The molecule has 7 heteroatoms. The third-order valence-electron chi connectivity index (χ3n) is 6.05. The molecule has 0 aliphatic heterocycles. The number of hydrogen-bond donors (Lipinski definition) is 0. The lowest BCUT2D eigenvalue weighted by Crippen LogP contribution is -2.36. The molecule has 2 aliphatic rings. The van der Waals surface area contributed by atoms with E-state index in [0.717, 1.165) is 35.9 Å². The van der Waals surface area contributed by atoms with Crippen LogP contribution < -0.4 is 4.90 Å². The van der Waals surface area contributed by atoms with Gasteiger partial charge in [0.2, 0.25) is 11.8 Å². The number of carbonyl (C=O) groups excluding carboxylic acids is 3. The summed E-state index contributed by atoms with van der Waals surface area (Å²) >= 11 is 6.21. The summed E-state index contributed by atoms with van der Waals surface area (Å²) in [4.78, 5) is 42.3. The van der Waals surface area contributed by atoms with Crippen molar-refractivity contribution >= 4 is 46.0 Å². The third-order valence-corrected chi connectivity index (χ3v) is 6.28. The zero-order valence-electron chi connectivity index (χ0n) is 17.9. The predicted molar refractivity (Wildman–Crippen MR) is 119 cm³/mol. The van der Waals surface area contributed by atoms with Gasteiger partial charge in [0, 0.05) is 48.9 Å². The molecule has 6 nitrogen and oxygen atoms in total. The van der Waals surface area contributed by atoms with Crippen LogP contribution >= 0.6 is 11.6 Å². The molecule has 2 atom stereocenters. The maximum absolute atomic E-state index is 12.5. The fourth-order valence-corrected chi connectivity index (χ4v) is 5.17. The molecule has 1 aromatic carbocycles. The van der Waals surface area contributed by atoms with Gasteiger partial charge >= 0.3 is 5.97 Å². The lowest BCUT2D eigenvalue weighted by Gasteiger charge is -2.38. The molecule has 0 spiro atoms. The summed E-state index contributed by atoms with van der Waals surface area (Å²) in [5.74, 6) is -0.438. The minimum absolute atomic E-state index is 0.148. The number of pyridine rings is 1. The number of anilines is 1. The van der Waals surface area contributed by atoms with Crippen LogP contribution in [0.1, 0.15) is 57.2 Å². The Morgan fingerprint density at radius 1 is 1.16 bits per heavy atom. The minimum atomic E-state index is -0.319. The van der Waals surface area contributed by atoms with Gasteiger partial charge in [0.05, 0.1) is 17.8 Å². The first kappa shape index (κ1) is 21.5. The number of allylic oxidation sites excluding steroid dienone is 1. The Morgan fingerprint density at radius 2 is 1.90 bits per heavy atom. The number of amides is 2. The SMILES string of the molecule is CC(=O)OCCC1=CC2Cc3nc4cc(Cl)ccc4c(N(C(C)=O)C(C)=O)c3C(C1)C2. The Kier molecular flexibility index (Phi) is 5.84. The van der Waals surface area contributed by atoms with Crippen molar-refractivity contribution < 1.29 is 19.1 Å². The molecule has 0 N–H and O–H groups in total. The highest BCUT2D eigenvalue weighted by atomic mass is 35.5. The van der Waals surface area contributed by atoms with Gasteiger partial charge in [-0.05, 0) is 49.3 Å². The first-order chi connectivity index (χ1) is 14.7. The number of ether oxygens (including phenoxy) is 1. The predicted octanol–water partition coefficient (Wildman–Crippen LogP) is 4.72. The summed E-state index contributed by atoms with van der Waals surface area (Å²) in [6.45, 7) is 4.59. The second kappa shape index (κ2) is 8.42. The van der Waals surface area contributed by atoms with Crippen molar-refractivity contribution in [2.75, 3.05) is 11.5 Å². The number of imide groups is 1. The van der Waals surface area contributed by atoms with Crippen LogP contribution in [0.25, 0.3) is 10.9 Å². The largest absolute Gasteiger partial charge is 0.466 e. The normalized spacial score (nSPS) is 19.4. The molecular weight excluding hydrogens is 416 g/mol. The molecule has 0 saturated heterocycles. The maximum atomic E-state index is 12.5. The fourth-order valence-electron chi connectivity index (χ4n) is 5.00. The van der Waals surface area contributed by atoms with Crippen molar-refractivity contribution in [3.63, 3.8) is 0 Å². The molecule has 1 heterocycles. The van der Waals surface area contributed by atoms with E-state index in [4.69, 9.17) is 21.3 Å². The molecule has 0 fully saturated rings. The van der Waals surface area contributed by atoms with Crippen LogP contribution in [0.2, 0.25) is 5.02 Å². The van der Waals surface area contributed by atoms with Crippen molar-refractivity contribution in [1.29, 1.82) is 0 Å². The molecule has 2 aliphatic carbocycles. The number of esters is 1. The molecule has 0 radical (unpaired) electrons. The van der Waals surface area contributed by atoms with Crippen LogP contribution in [0.15, 0.2) is 29.8 Å². The zero-order valence-corrected chi connectivity index (χ0v) is 18.7. The Bertz CT molecular complexity index is 1110. The van der Waals surface area contributed by atoms with Gasteiger partial charge in [-0.2, -0.15) is 0 Å². The Morgan fingerprint density at radius 3 is 2.58 bits per heavy atom. The second-order valence-corrected chi connectivity index (χ2v) is 8.81. The number of fused-ring (bicyclic) bond motifs is 5. The van der Waals surface area contributed by atoms with Crippen LogP contribution in [0.3, 0.4) is 0 Å². The first-order valence-corrected chi connectivity index (χ1v) is 10.9. The van der Waals surface area contributed by atoms with Crippen molar-refractivity contribution in [1.82, 2.24) is 4.98 Å². The van der Waals surface area contributed by atoms with Gasteiger partial charge in [-0.25, -0.2) is 0 Å². The van der Waals surface area contributed by atoms with Gasteiger partial charge < -0.3 is 4.74 Å². The Labute approximate surface area is 186 Å². The fraction of sp³-hybridized carbons (Fsp3) is 0.417. The van der Waals surface area contributed by atoms with E-state index in [1.54, 1.807) is 12.1 Å². The lowest BCUT2D eigenvalue weighted by atomic mass is 9.70. The van der Waals surface area contributed by atoms with Crippen molar-refractivity contribution in [2.24, 2.45) is 5.92 Å². The zero-order chi connectivity index (χ0) is 22.3.